The Morgan fingerprint density at radius 3 is 2.93 bits per heavy atom. The summed E-state index contributed by atoms with van der Waals surface area (Å²) in [6, 6.07) is 7.07. The molecule has 15 heavy (non-hydrogen) atoms. The minimum absolute atomic E-state index is 0.351. The first kappa shape index (κ1) is 9.68. The fraction of sp³-hybridized carbons (Fsp3) is 0. The minimum atomic E-state index is 0.351. The highest BCUT2D eigenvalue weighted by molar-refractivity contribution is 9.10. The molecule has 0 spiro atoms. The number of rotatable bonds is 1. The van der Waals surface area contributed by atoms with Crippen molar-refractivity contribution in [3.8, 4) is 12.0 Å². The van der Waals surface area contributed by atoms with E-state index < -0.39 is 0 Å². The number of hydrogen-bond donors (Lipinski definition) is 1. The Hall–Kier alpha value is -1.87. The van der Waals surface area contributed by atoms with Crippen molar-refractivity contribution in [2.75, 3.05) is 5.73 Å². The molecule has 2 aromatic rings. The Morgan fingerprint density at radius 1 is 1.47 bits per heavy atom. The molecule has 0 bridgehead atoms. The van der Waals surface area contributed by atoms with Crippen LogP contribution in [0, 0.1) is 11.3 Å². The number of nitrogen functional groups attached to an aromatic ring is 1. The van der Waals surface area contributed by atoms with Crippen LogP contribution in [-0.4, -0.2) is 14.5 Å². The number of aromatic nitrogens is 3. The van der Waals surface area contributed by atoms with Crippen molar-refractivity contribution in [2.45, 2.75) is 0 Å². The Kier molecular flexibility index (Phi) is 2.39. The highest BCUT2D eigenvalue weighted by Crippen LogP contribution is 2.14. The van der Waals surface area contributed by atoms with Crippen LogP contribution in [0.2, 0.25) is 0 Å². The van der Waals surface area contributed by atoms with Crippen molar-refractivity contribution < 1.29 is 0 Å². The number of nitriles is 1. The lowest BCUT2D eigenvalue weighted by atomic mass is 10.5. The third kappa shape index (κ3) is 1.82. The molecule has 0 aliphatic carbocycles. The quantitative estimate of drug-likeness (QED) is 0.791. The van der Waals surface area contributed by atoms with Crippen LogP contribution in [0.15, 0.2) is 29.0 Å². The first-order chi connectivity index (χ1) is 7.20. The Bertz CT molecular complexity index is 519. The van der Waals surface area contributed by atoms with E-state index >= 15 is 0 Å². The SMILES string of the molecule is N#Cc1cccn1-c1nc(N)cc(Br)n1. The Morgan fingerprint density at radius 2 is 2.27 bits per heavy atom. The predicted molar refractivity (Wildman–Crippen MR) is 58.2 cm³/mol. The van der Waals surface area contributed by atoms with Crippen molar-refractivity contribution in [1.29, 1.82) is 5.26 Å². The van der Waals surface area contributed by atoms with Gasteiger partial charge in [0.25, 0.3) is 0 Å². The van der Waals surface area contributed by atoms with Gasteiger partial charge in [-0.15, -0.1) is 0 Å². The van der Waals surface area contributed by atoms with Gasteiger partial charge in [0.2, 0.25) is 5.95 Å². The first-order valence-corrected chi connectivity index (χ1v) is 4.88. The minimum Gasteiger partial charge on any atom is -0.383 e. The second-order valence-electron chi connectivity index (χ2n) is 2.79. The smallest absolute Gasteiger partial charge is 0.237 e. The molecule has 2 heterocycles. The van der Waals surface area contributed by atoms with Gasteiger partial charge in [0.15, 0.2) is 0 Å². The number of anilines is 1. The summed E-state index contributed by atoms with van der Waals surface area (Å²) in [5.74, 6) is 0.730. The monoisotopic (exact) mass is 263 g/mol. The number of hydrogen-bond acceptors (Lipinski definition) is 4. The summed E-state index contributed by atoms with van der Waals surface area (Å²) >= 11 is 3.22. The molecule has 6 heteroatoms. The Labute approximate surface area is 94.3 Å². The molecular weight excluding hydrogens is 258 g/mol. The predicted octanol–water partition coefficient (Wildman–Crippen LogP) is 1.48. The maximum absolute atomic E-state index is 8.84. The van der Waals surface area contributed by atoms with E-state index in [9.17, 15) is 0 Å². The van der Waals surface area contributed by atoms with Gasteiger partial charge in [-0.1, -0.05) is 0 Å². The van der Waals surface area contributed by atoms with Gasteiger partial charge < -0.3 is 5.73 Å². The van der Waals surface area contributed by atoms with Crippen LogP contribution < -0.4 is 5.73 Å². The molecule has 0 aromatic carbocycles. The van der Waals surface area contributed by atoms with Crippen molar-refractivity contribution in [2.24, 2.45) is 0 Å². The van der Waals surface area contributed by atoms with E-state index in [-0.39, 0.29) is 0 Å². The zero-order chi connectivity index (χ0) is 10.8. The van der Waals surface area contributed by atoms with Crippen molar-refractivity contribution in [3.05, 3.63) is 34.7 Å². The first-order valence-electron chi connectivity index (χ1n) is 4.08. The van der Waals surface area contributed by atoms with Crippen molar-refractivity contribution in [3.63, 3.8) is 0 Å². The van der Waals surface area contributed by atoms with Crippen LogP contribution in [0.5, 0.6) is 0 Å². The van der Waals surface area contributed by atoms with E-state index in [1.54, 1.807) is 29.0 Å². The van der Waals surface area contributed by atoms with Crippen LogP contribution in [-0.2, 0) is 0 Å². The van der Waals surface area contributed by atoms with E-state index in [4.69, 9.17) is 11.0 Å². The zero-order valence-corrected chi connectivity index (χ0v) is 9.14. The molecule has 0 saturated heterocycles. The van der Waals surface area contributed by atoms with Crippen LogP contribution in [0.4, 0.5) is 5.82 Å². The van der Waals surface area contributed by atoms with Crippen molar-refractivity contribution in [1.82, 2.24) is 14.5 Å². The van der Waals surface area contributed by atoms with E-state index in [1.165, 1.54) is 0 Å². The van der Waals surface area contributed by atoms with Crippen LogP contribution in [0.1, 0.15) is 5.69 Å². The second-order valence-corrected chi connectivity index (χ2v) is 3.60. The Balaban J connectivity index is 2.60. The van der Waals surface area contributed by atoms with Crippen LogP contribution in [0.3, 0.4) is 0 Å². The molecule has 0 fully saturated rings. The lowest BCUT2D eigenvalue weighted by molar-refractivity contribution is 0.918. The van der Waals surface area contributed by atoms with Gasteiger partial charge >= 0.3 is 0 Å². The van der Waals surface area contributed by atoms with Crippen LogP contribution >= 0.6 is 15.9 Å². The maximum atomic E-state index is 8.84. The molecule has 0 unspecified atom stereocenters. The van der Waals surface area contributed by atoms with E-state index in [1.807, 2.05) is 6.07 Å². The molecule has 0 atom stereocenters. The average Bonchev–Trinajstić information content (AvgIpc) is 2.63. The summed E-state index contributed by atoms with van der Waals surface area (Å²) < 4.78 is 2.16. The van der Waals surface area contributed by atoms with Gasteiger partial charge in [0.05, 0.1) is 0 Å². The largest absolute Gasteiger partial charge is 0.383 e. The average molecular weight is 264 g/mol. The molecule has 0 amide bonds. The zero-order valence-electron chi connectivity index (χ0n) is 7.55. The molecule has 0 radical (unpaired) electrons. The summed E-state index contributed by atoms with van der Waals surface area (Å²) in [5, 5.41) is 8.84. The summed E-state index contributed by atoms with van der Waals surface area (Å²) in [6.45, 7) is 0. The number of halogens is 1. The molecule has 0 saturated carbocycles. The lowest BCUT2D eigenvalue weighted by Crippen LogP contribution is -2.04. The van der Waals surface area contributed by atoms with Gasteiger partial charge in [0.1, 0.15) is 22.2 Å². The molecule has 74 valence electrons. The van der Waals surface area contributed by atoms with Gasteiger partial charge in [-0.3, -0.25) is 4.57 Å². The standard InChI is InChI=1S/C9H6BrN5/c10-7-4-8(12)14-9(13-7)15-3-1-2-6(15)5-11/h1-4H,(H2,12,13,14). The normalized spacial score (nSPS) is 9.87. The topological polar surface area (TPSA) is 80.5 Å². The summed E-state index contributed by atoms with van der Waals surface area (Å²) in [6.07, 6.45) is 1.71. The van der Waals surface area contributed by atoms with E-state index in [0.717, 1.165) is 0 Å². The highest BCUT2D eigenvalue weighted by atomic mass is 79.9. The molecule has 2 rings (SSSR count). The summed E-state index contributed by atoms with van der Waals surface area (Å²) in [4.78, 5) is 8.16. The number of nitrogens with two attached hydrogens (primary N) is 1. The molecule has 0 aliphatic heterocycles. The van der Waals surface area contributed by atoms with Crippen molar-refractivity contribution >= 4 is 21.7 Å². The molecule has 2 N–H and O–H groups in total. The van der Waals surface area contributed by atoms with Crippen LogP contribution in [0.25, 0.3) is 5.95 Å². The van der Waals surface area contributed by atoms with Gasteiger partial charge in [-0.05, 0) is 28.1 Å². The summed E-state index contributed by atoms with van der Waals surface area (Å²) in [7, 11) is 0. The second kappa shape index (κ2) is 3.71. The molecule has 2 aromatic heterocycles. The molecule has 5 nitrogen and oxygen atoms in total. The van der Waals surface area contributed by atoms with Gasteiger partial charge in [-0.2, -0.15) is 10.2 Å². The van der Waals surface area contributed by atoms with Gasteiger partial charge in [0, 0.05) is 12.3 Å². The number of nitrogens with zero attached hydrogens (tertiary/aromatic N) is 4. The highest BCUT2D eigenvalue weighted by Gasteiger charge is 2.06. The molecular formula is C9H6BrN5. The maximum Gasteiger partial charge on any atom is 0.237 e. The van der Waals surface area contributed by atoms with E-state index in [0.29, 0.717) is 22.1 Å². The fourth-order valence-electron chi connectivity index (χ4n) is 1.18. The fourth-order valence-corrected chi connectivity index (χ4v) is 1.57. The third-order valence-electron chi connectivity index (χ3n) is 1.78. The lowest BCUT2D eigenvalue weighted by Gasteiger charge is -2.03. The summed E-state index contributed by atoms with van der Waals surface area (Å²) in [5.41, 5.74) is 6.04. The third-order valence-corrected chi connectivity index (χ3v) is 2.19. The van der Waals surface area contributed by atoms with E-state index in [2.05, 4.69) is 25.9 Å². The van der Waals surface area contributed by atoms with Gasteiger partial charge in [-0.25, -0.2) is 4.98 Å². The molecule has 0 aliphatic rings.